The first-order chi connectivity index (χ1) is 17.8. The molecule has 190 valence electrons. The lowest BCUT2D eigenvalue weighted by Gasteiger charge is -2.14. The number of rotatable bonds is 8. The molecule has 4 aromatic rings. The van der Waals surface area contributed by atoms with E-state index in [-0.39, 0.29) is 18.8 Å². The Morgan fingerprint density at radius 3 is 2.35 bits per heavy atom. The summed E-state index contributed by atoms with van der Waals surface area (Å²) in [5, 5.41) is 6.74. The molecule has 0 fully saturated rings. The number of nitrogens with one attached hydrogen (secondary N) is 1. The van der Waals surface area contributed by atoms with Crippen LogP contribution in [0.15, 0.2) is 76.3 Å². The van der Waals surface area contributed by atoms with Crippen molar-refractivity contribution in [3.05, 3.63) is 116 Å². The zero-order valence-corrected chi connectivity index (χ0v) is 20.5. The first kappa shape index (κ1) is 25.4. The van der Waals surface area contributed by atoms with Crippen molar-refractivity contribution in [1.82, 2.24) is 19.7 Å². The number of methoxy groups -OCH3 is 2. The fourth-order valence-corrected chi connectivity index (χ4v) is 3.78. The summed E-state index contributed by atoms with van der Waals surface area (Å²) in [6.45, 7) is 1.87. The molecule has 1 heterocycles. The van der Waals surface area contributed by atoms with Crippen LogP contribution in [0.25, 0.3) is 5.69 Å². The molecule has 0 spiro atoms. The zero-order chi connectivity index (χ0) is 26.5. The smallest absolute Gasteiger partial charge is 0.352 e. The highest BCUT2D eigenvalue weighted by Gasteiger charge is 2.21. The molecule has 0 bridgehead atoms. The third kappa shape index (κ3) is 5.58. The van der Waals surface area contributed by atoms with Crippen molar-refractivity contribution in [2.45, 2.75) is 20.0 Å². The monoisotopic (exact) mass is 504 g/mol. The Balaban J connectivity index is 1.80. The van der Waals surface area contributed by atoms with Gasteiger partial charge in [-0.25, -0.2) is 9.18 Å². The number of carbonyl (C=O) groups is 1. The van der Waals surface area contributed by atoms with Crippen molar-refractivity contribution in [3.63, 3.8) is 0 Å². The second-order valence-corrected chi connectivity index (χ2v) is 8.27. The molecule has 0 aliphatic heterocycles. The summed E-state index contributed by atoms with van der Waals surface area (Å²) < 4.78 is 25.7. The second kappa shape index (κ2) is 10.9. The molecule has 10 heteroatoms. The normalized spacial score (nSPS) is 10.7. The quantitative estimate of drug-likeness (QED) is 0.396. The van der Waals surface area contributed by atoms with Crippen molar-refractivity contribution >= 4 is 5.91 Å². The number of carbonyl (C=O) groups excluding carboxylic acids is 1. The van der Waals surface area contributed by atoms with Crippen LogP contribution >= 0.6 is 0 Å². The van der Waals surface area contributed by atoms with Gasteiger partial charge in [0.05, 0.1) is 26.5 Å². The molecular formula is C27H25FN4O5. The highest BCUT2D eigenvalue weighted by molar-refractivity contribution is 5.91. The molecule has 0 saturated heterocycles. The van der Waals surface area contributed by atoms with Crippen LogP contribution in [0, 0.1) is 12.7 Å². The fraction of sp³-hybridized carbons (Fsp3) is 0.185. The number of ether oxygens (including phenoxy) is 2. The largest absolute Gasteiger partial charge is 0.493 e. The minimum Gasteiger partial charge on any atom is -0.493 e. The van der Waals surface area contributed by atoms with E-state index in [2.05, 4.69) is 10.4 Å². The number of benzene rings is 3. The Labute approximate surface area is 211 Å². The summed E-state index contributed by atoms with van der Waals surface area (Å²) in [5.41, 5.74) is 0.535. The second-order valence-electron chi connectivity index (χ2n) is 8.27. The minimum absolute atomic E-state index is 0.0353. The fourth-order valence-electron chi connectivity index (χ4n) is 3.78. The lowest BCUT2D eigenvalue weighted by molar-refractivity contribution is 0.0941. The first-order valence-corrected chi connectivity index (χ1v) is 11.4. The van der Waals surface area contributed by atoms with Gasteiger partial charge in [0.2, 0.25) is 5.69 Å². The van der Waals surface area contributed by atoms with E-state index in [1.807, 2.05) is 25.1 Å². The minimum atomic E-state index is -0.833. The molecule has 9 nitrogen and oxygen atoms in total. The Morgan fingerprint density at radius 1 is 0.946 bits per heavy atom. The number of aryl methyl sites for hydroxylation is 1. The summed E-state index contributed by atoms with van der Waals surface area (Å²) in [5.74, 6) is -0.406. The first-order valence-electron chi connectivity index (χ1n) is 11.4. The molecule has 4 rings (SSSR count). The Hall–Kier alpha value is -4.73. The van der Waals surface area contributed by atoms with Gasteiger partial charge in [-0.05, 0) is 42.3 Å². The van der Waals surface area contributed by atoms with E-state index in [4.69, 9.17) is 9.47 Å². The molecular weight excluding hydrogens is 479 g/mol. The van der Waals surface area contributed by atoms with Gasteiger partial charge in [-0.2, -0.15) is 9.78 Å². The highest BCUT2D eigenvalue weighted by atomic mass is 19.1. The number of hydrogen-bond donors (Lipinski definition) is 1. The van der Waals surface area contributed by atoms with Gasteiger partial charge in [-0.1, -0.05) is 42.0 Å². The van der Waals surface area contributed by atoms with Gasteiger partial charge in [0.25, 0.3) is 11.5 Å². The summed E-state index contributed by atoms with van der Waals surface area (Å²) in [6, 6.07) is 17.6. The predicted molar refractivity (Wildman–Crippen MR) is 135 cm³/mol. The Bertz CT molecular complexity index is 1560. The van der Waals surface area contributed by atoms with Crippen LogP contribution in [-0.2, 0) is 13.1 Å². The molecule has 0 unspecified atom stereocenters. The summed E-state index contributed by atoms with van der Waals surface area (Å²) >= 11 is 0. The number of amides is 1. The van der Waals surface area contributed by atoms with E-state index >= 15 is 0 Å². The van der Waals surface area contributed by atoms with Crippen molar-refractivity contribution in [3.8, 4) is 17.2 Å². The van der Waals surface area contributed by atoms with Crippen LogP contribution in [0.5, 0.6) is 11.5 Å². The zero-order valence-electron chi connectivity index (χ0n) is 20.5. The maximum absolute atomic E-state index is 13.4. The molecule has 1 aromatic heterocycles. The molecule has 1 N–H and O–H groups in total. The van der Waals surface area contributed by atoms with Crippen molar-refractivity contribution in [2.24, 2.45) is 0 Å². The Kier molecular flexibility index (Phi) is 7.47. The molecule has 0 aliphatic carbocycles. The topological polar surface area (TPSA) is 104 Å². The van der Waals surface area contributed by atoms with E-state index < -0.39 is 28.7 Å². The molecule has 0 saturated carbocycles. The average molecular weight is 505 g/mol. The molecule has 37 heavy (non-hydrogen) atoms. The summed E-state index contributed by atoms with van der Waals surface area (Å²) in [4.78, 5) is 39.8. The molecule has 0 aliphatic rings. The Morgan fingerprint density at radius 2 is 1.68 bits per heavy atom. The van der Waals surface area contributed by atoms with Crippen LogP contribution in [0.3, 0.4) is 0 Å². The third-order valence-electron chi connectivity index (χ3n) is 5.68. The predicted octanol–water partition coefficient (Wildman–Crippen LogP) is 2.84. The van der Waals surface area contributed by atoms with Gasteiger partial charge in [-0.3, -0.25) is 14.2 Å². The van der Waals surface area contributed by atoms with Crippen molar-refractivity contribution < 1.29 is 18.7 Å². The van der Waals surface area contributed by atoms with Gasteiger partial charge >= 0.3 is 5.69 Å². The standard InChI is InChI=1S/C27H25FN4O5/c1-17-5-4-6-19(13-17)16-31-26(34)24(25(33)29-15-18-7-9-20(28)10-8-18)30-32(27(31)35)21-11-12-22(36-2)23(14-21)37-3/h4-14H,15-16H2,1-3H3,(H,29,33). The van der Waals surface area contributed by atoms with Crippen LogP contribution in [0.1, 0.15) is 27.2 Å². The molecule has 1 amide bonds. The third-order valence-corrected chi connectivity index (χ3v) is 5.68. The van der Waals surface area contributed by atoms with E-state index in [0.717, 1.165) is 14.8 Å². The number of aromatic nitrogens is 3. The number of nitrogens with zero attached hydrogens (tertiary/aromatic N) is 3. The summed E-state index contributed by atoms with van der Waals surface area (Å²) in [7, 11) is 2.93. The van der Waals surface area contributed by atoms with Gasteiger partial charge in [0.15, 0.2) is 11.5 Å². The SMILES string of the molecule is COc1ccc(-n2nc(C(=O)NCc3ccc(F)cc3)c(=O)n(Cc3cccc(C)c3)c2=O)cc1OC. The van der Waals surface area contributed by atoms with E-state index in [0.29, 0.717) is 22.6 Å². The van der Waals surface area contributed by atoms with Gasteiger partial charge in [0.1, 0.15) is 5.82 Å². The van der Waals surface area contributed by atoms with Gasteiger partial charge in [0, 0.05) is 12.6 Å². The van der Waals surface area contributed by atoms with Gasteiger partial charge in [-0.15, -0.1) is 0 Å². The van der Waals surface area contributed by atoms with E-state index in [1.54, 1.807) is 18.2 Å². The lowest BCUT2D eigenvalue weighted by Crippen LogP contribution is -2.46. The van der Waals surface area contributed by atoms with Crippen LogP contribution in [-0.4, -0.2) is 34.5 Å². The van der Waals surface area contributed by atoms with Crippen molar-refractivity contribution in [2.75, 3.05) is 14.2 Å². The van der Waals surface area contributed by atoms with E-state index in [9.17, 15) is 18.8 Å². The molecule has 0 atom stereocenters. The molecule has 3 aromatic carbocycles. The van der Waals surface area contributed by atoms with E-state index in [1.165, 1.54) is 44.6 Å². The van der Waals surface area contributed by atoms with Gasteiger partial charge < -0.3 is 14.8 Å². The maximum Gasteiger partial charge on any atom is 0.352 e. The van der Waals surface area contributed by atoms with Crippen LogP contribution in [0.2, 0.25) is 0 Å². The highest BCUT2D eigenvalue weighted by Crippen LogP contribution is 2.28. The van der Waals surface area contributed by atoms with Crippen LogP contribution < -0.4 is 26.0 Å². The summed E-state index contributed by atoms with van der Waals surface area (Å²) in [6.07, 6.45) is 0. The lowest BCUT2D eigenvalue weighted by atomic mass is 10.1. The molecule has 0 radical (unpaired) electrons. The maximum atomic E-state index is 13.4. The average Bonchev–Trinajstić information content (AvgIpc) is 2.90. The number of halogens is 1. The van der Waals surface area contributed by atoms with Crippen molar-refractivity contribution in [1.29, 1.82) is 0 Å². The number of hydrogen-bond acceptors (Lipinski definition) is 6. The van der Waals surface area contributed by atoms with Crippen LogP contribution in [0.4, 0.5) is 4.39 Å².